The quantitative estimate of drug-likeness (QED) is 0.460. The van der Waals surface area contributed by atoms with Crippen LogP contribution in [0.3, 0.4) is 0 Å². The van der Waals surface area contributed by atoms with Gasteiger partial charge >= 0.3 is 0 Å². The zero-order valence-electron chi connectivity index (χ0n) is 13.1. The van der Waals surface area contributed by atoms with Crippen LogP contribution in [0.15, 0.2) is 0 Å². The Labute approximate surface area is 122 Å². The van der Waals surface area contributed by atoms with Crippen LogP contribution in [0.1, 0.15) is 33.1 Å². The van der Waals surface area contributed by atoms with Gasteiger partial charge in [0.15, 0.2) is 0 Å². The fraction of sp³-hybridized carbons (Fsp3) is 0.929. The number of primary amides is 1. The third-order valence-corrected chi connectivity index (χ3v) is 3.13. The van der Waals surface area contributed by atoms with Crippen molar-refractivity contribution in [3.8, 4) is 0 Å². The van der Waals surface area contributed by atoms with Crippen LogP contribution in [0.4, 0.5) is 0 Å². The maximum absolute atomic E-state index is 11.4. The van der Waals surface area contributed by atoms with Gasteiger partial charge in [-0.25, -0.2) is 0 Å². The summed E-state index contributed by atoms with van der Waals surface area (Å²) < 4.78 is 15.6. The van der Waals surface area contributed by atoms with Gasteiger partial charge in [-0.15, -0.1) is 0 Å². The molecule has 0 aliphatic heterocycles. The predicted octanol–water partition coefficient (Wildman–Crippen LogP) is 0.690. The van der Waals surface area contributed by atoms with Crippen molar-refractivity contribution in [2.24, 2.45) is 5.73 Å². The maximum atomic E-state index is 11.4. The highest BCUT2D eigenvalue weighted by atomic mass is 16.5. The minimum atomic E-state index is -0.613. The lowest BCUT2D eigenvalue weighted by Crippen LogP contribution is -2.52. The molecule has 6 nitrogen and oxygen atoms in total. The van der Waals surface area contributed by atoms with Crippen LogP contribution in [0, 0.1) is 0 Å². The molecule has 6 heteroatoms. The lowest BCUT2D eigenvalue weighted by molar-refractivity contribution is -0.124. The van der Waals surface area contributed by atoms with Crippen molar-refractivity contribution in [3.63, 3.8) is 0 Å². The van der Waals surface area contributed by atoms with E-state index in [2.05, 4.69) is 5.32 Å². The molecule has 3 N–H and O–H groups in total. The molecule has 120 valence electrons. The molecule has 0 rings (SSSR count). The van der Waals surface area contributed by atoms with Gasteiger partial charge in [0, 0.05) is 13.7 Å². The largest absolute Gasteiger partial charge is 0.382 e. The summed E-state index contributed by atoms with van der Waals surface area (Å²) in [6.07, 6.45) is 2.53. The molecule has 0 radical (unpaired) electrons. The zero-order valence-corrected chi connectivity index (χ0v) is 13.1. The van der Waals surface area contributed by atoms with Gasteiger partial charge in [0.1, 0.15) is 0 Å². The van der Waals surface area contributed by atoms with Gasteiger partial charge < -0.3 is 25.3 Å². The molecule has 0 heterocycles. The van der Waals surface area contributed by atoms with Crippen LogP contribution < -0.4 is 11.1 Å². The Bertz CT molecular complexity index is 251. The number of unbranched alkanes of at least 4 members (excludes halogenated alkanes) is 1. The second kappa shape index (κ2) is 12.1. The molecular weight excluding hydrogens is 260 g/mol. The molecular formula is C14H30N2O4. The Hall–Kier alpha value is -0.690. The van der Waals surface area contributed by atoms with E-state index in [1.807, 2.05) is 13.8 Å². The first-order chi connectivity index (χ1) is 9.56. The first-order valence-electron chi connectivity index (χ1n) is 7.26. The number of hydrogen-bond acceptors (Lipinski definition) is 5. The average molecular weight is 290 g/mol. The molecule has 0 fully saturated rings. The highest BCUT2D eigenvalue weighted by Gasteiger charge is 2.28. The van der Waals surface area contributed by atoms with Crippen LogP contribution in [0.5, 0.6) is 0 Å². The summed E-state index contributed by atoms with van der Waals surface area (Å²) >= 11 is 0. The molecule has 0 aliphatic carbocycles. The third kappa shape index (κ3) is 9.25. The summed E-state index contributed by atoms with van der Waals surface area (Å²) in [5.41, 5.74) is 4.80. The smallest absolute Gasteiger partial charge is 0.237 e. The normalized spacial score (nSPS) is 14.2. The first kappa shape index (κ1) is 19.3. The molecule has 0 bridgehead atoms. The van der Waals surface area contributed by atoms with Gasteiger partial charge in [-0.05, 0) is 32.7 Å². The molecule has 1 unspecified atom stereocenters. The fourth-order valence-corrected chi connectivity index (χ4v) is 1.84. The second-order valence-corrected chi connectivity index (χ2v) is 4.90. The van der Waals surface area contributed by atoms with Crippen molar-refractivity contribution in [3.05, 3.63) is 0 Å². The summed E-state index contributed by atoms with van der Waals surface area (Å²) in [4.78, 5) is 11.4. The van der Waals surface area contributed by atoms with E-state index in [0.29, 0.717) is 33.0 Å². The lowest BCUT2D eigenvalue weighted by atomic mass is 9.94. The Morgan fingerprint density at radius 1 is 1.10 bits per heavy atom. The highest BCUT2D eigenvalue weighted by Crippen LogP contribution is 2.13. The molecule has 0 aromatic rings. The van der Waals surface area contributed by atoms with Crippen LogP contribution in [0.2, 0.25) is 0 Å². The van der Waals surface area contributed by atoms with E-state index in [0.717, 1.165) is 25.8 Å². The standard InChI is InChI=1S/C14H30N2O4/c1-4-16-14(2,13(15)17)7-5-6-8-19-11-12-20-10-9-18-3/h16H,4-12H2,1-3H3,(H2,15,17). The summed E-state index contributed by atoms with van der Waals surface area (Å²) in [6, 6.07) is 0. The van der Waals surface area contributed by atoms with Crippen LogP contribution in [0.25, 0.3) is 0 Å². The zero-order chi connectivity index (χ0) is 15.3. The van der Waals surface area contributed by atoms with E-state index in [-0.39, 0.29) is 5.91 Å². The topological polar surface area (TPSA) is 82.8 Å². The Morgan fingerprint density at radius 2 is 1.70 bits per heavy atom. The van der Waals surface area contributed by atoms with E-state index in [1.54, 1.807) is 7.11 Å². The van der Waals surface area contributed by atoms with Gasteiger partial charge in [0.25, 0.3) is 0 Å². The predicted molar refractivity (Wildman–Crippen MR) is 78.6 cm³/mol. The molecule has 0 aliphatic rings. The first-order valence-corrected chi connectivity index (χ1v) is 7.26. The SMILES string of the molecule is CCNC(C)(CCCCOCCOCCOC)C(N)=O. The Balaban J connectivity index is 3.48. The van der Waals surface area contributed by atoms with Crippen molar-refractivity contribution in [1.29, 1.82) is 0 Å². The summed E-state index contributed by atoms with van der Waals surface area (Å²) in [5.74, 6) is -0.299. The number of amides is 1. The molecule has 20 heavy (non-hydrogen) atoms. The number of nitrogens with two attached hydrogens (primary N) is 1. The second-order valence-electron chi connectivity index (χ2n) is 4.90. The van der Waals surface area contributed by atoms with Gasteiger partial charge in [-0.1, -0.05) is 6.92 Å². The highest BCUT2D eigenvalue weighted by molar-refractivity contribution is 5.84. The van der Waals surface area contributed by atoms with Crippen LogP contribution in [-0.2, 0) is 19.0 Å². The number of hydrogen-bond donors (Lipinski definition) is 2. The van der Waals surface area contributed by atoms with Gasteiger partial charge in [-0.2, -0.15) is 0 Å². The van der Waals surface area contributed by atoms with Crippen molar-refractivity contribution in [2.75, 3.05) is 46.7 Å². The Kier molecular flexibility index (Phi) is 11.7. The lowest BCUT2D eigenvalue weighted by Gasteiger charge is -2.26. The van der Waals surface area contributed by atoms with Gasteiger partial charge in [0.05, 0.1) is 32.0 Å². The third-order valence-electron chi connectivity index (χ3n) is 3.13. The molecule has 0 saturated carbocycles. The number of ether oxygens (including phenoxy) is 3. The maximum Gasteiger partial charge on any atom is 0.237 e. The fourth-order valence-electron chi connectivity index (χ4n) is 1.84. The molecule has 1 amide bonds. The van der Waals surface area contributed by atoms with E-state index in [1.165, 1.54) is 0 Å². The molecule has 0 aromatic carbocycles. The average Bonchev–Trinajstić information content (AvgIpc) is 2.41. The number of nitrogens with one attached hydrogen (secondary N) is 1. The summed E-state index contributed by atoms with van der Waals surface area (Å²) in [5, 5.41) is 3.14. The minimum absolute atomic E-state index is 0.299. The van der Waals surface area contributed by atoms with Crippen LogP contribution >= 0.6 is 0 Å². The number of likely N-dealkylation sites (N-methyl/N-ethyl adjacent to an activating group) is 1. The van der Waals surface area contributed by atoms with E-state index < -0.39 is 5.54 Å². The van der Waals surface area contributed by atoms with E-state index in [4.69, 9.17) is 19.9 Å². The van der Waals surface area contributed by atoms with E-state index >= 15 is 0 Å². The molecule has 0 spiro atoms. The minimum Gasteiger partial charge on any atom is -0.382 e. The van der Waals surface area contributed by atoms with Crippen molar-refractivity contribution >= 4 is 5.91 Å². The van der Waals surface area contributed by atoms with Gasteiger partial charge in [-0.3, -0.25) is 4.79 Å². The summed E-state index contributed by atoms with van der Waals surface area (Å²) in [7, 11) is 1.65. The summed E-state index contributed by atoms with van der Waals surface area (Å²) in [6.45, 7) is 7.60. The van der Waals surface area contributed by atoms with Gasteiger partial charge in [0.2, 0.25) is 5.91 Å². The molecule has 0 saturated heterocycles. The number of carbonyl (C=O) groups excluding carboxylic acids is 1. The molecule has 0 aromatic heterocycles. The van der Waals surface area contributed by atoms with Crippen molar-refractivity contribution < 1.29 is 19.0 Å². The number of carbonyl (C=O) groups is 1. The van der Waals surface area contributed by atoms with Crippen molar-refractivity contribution in [1.82, 2.24) is 5.32 Å². The van der Waals surface area contributed by atoms with E-state index in [9.17, 15) is 4.79 Å². The molecule has 1 atom stereocenters. The monoisotopic (exact) mass is 290 g/mol. The number of rotatable bonds is 14. The van der Waals surface area contributed by atoms with Crippen molar-refractivity contribution in [2.45, 2.75) is 38.6 Å². The number of methoxy groups -OCH3 is 1. The Morgan fingerprint density at radius 3 is 2.25 bits per heavy atom. The van der Waals surface area contributed by atoms with Crippen LogP contribution in [-0.4, -0.2) is 58.1 Å².